The van der Waals surface area contributed by atoms with Gasteiger partial charge in [-0.1, -0.05) is 41.9 Å². The van der Waals surface area contributed by atoms with Gasteiger partial charge in [-0.2, -0.15) is 10.2 Å². The van der Waals surface area contributed by atoms with E-state index in [2.05, 4.69) is 30.3 Å². The van der Waals surface area contributed by atoms with Gasteiger partial charge in [0.15, 0.2) is 0 Å². The van der Waals surface area contributed by atoms with Gasteiger partial charge in [0.2, 0.25) is 0 Å². The topological polar surface area (TPSA) is 245 Å². The van der Waals surface area contributed by atoms with Gasteiger partial charge in [0, 0.05) is 76.6 Å². The molecule has 6 aromatic rings. The van der Waals surface area contributed by atoms with Gasteiger partial charge < -0.3 is 41.8 Å². The summed E-state index contributed by atoms with van der Waals surface area (Å²) in [5.74, 6) is 2.04. The van der Waals surface area contributed by atoms with E-state index in [1.165, 1.54) is 0 Å². The van der Waals surface area contributed by atoms with Gasteiger partial charge in [-0.15, -0.1) is 23.5 Å². The maximum absolute atomic E-state index is 12.7. The highest BCUT2D eigenvalue weighted by Crippen LogP contribution is 2.43. The third kappa shape index (κ3) is 7.90. The number of ether oxygens (including phenoxy) is 1. The van der Waals surface area contributed by atoms with Gasteiger partial charge in [0.05, 0.1) is 28.5 Å². The third-order valence-electron chi connectivity index (χ3n) is 8.80. The minimum atomic E-state index is -0.963. The van der Waals surface area contributed by atoms with E-state index in [1.54, 1.807) is 28.1 Å². The zero-order chi connectivity index (χ0) is 32.1. The number of benzene rings is 3. The number of nitrogens with zero attached hydrogens (tertiary/aromatic N) is 5. The van der Waals surface area contributed by atoms with Crippen LogP contribution in [-0.4, -0.2) is 69.2 Å². The number of carboxylic acid groups (broad SMARTS) is 1. The normalized spacial score (nSPS) is 12.9. The Labute approximate surface area is 308 Å². The van der Waals surface area contributed by atoms with Crippen molar-refractivity contribution >= 4 is 62.8 Å². The minimum absolute atomic E-state index is 0. The van der Waals surface area contributed by atoms with Crippen LogP contribution in [0.2, 0.25) is 5.02 Å². The standard InChI is InChI=1S/C35H34ClN5O3S2.5H2O/c1-20-31-29(38-40(20)3)19-45-17-22-15-23(41(4)37-22)18-46-24-14-21-8-5-6-9-25(21)30(16-24)44-13-7-10-26-27-11-12-28(36)32(31)33(27)39(2)34(26)35(42)43;;;;;/h5-6,8-9,11-12,14-16H,7,10,13,17-19H2,1-4H3,(H,42,43);5*1H2. The van der Waals surface area contributed by atoms with Crippen LogP contribution in [0.25, 0.3) is 32.8 Å². The fourth-order valence-corrected chi connectivity index (χ4v) is 8.62. The van der Waals surface area contributed by atoms with Crippen LogP contribution in [0.3, 0.4) is 0 Å². The molecule has 8 bridgehead atoms. The average Bonchev–Trinajstić information content (AvgIpc) is 3.63. The van der Waals surface area contributed by atoms with Crippen LogP contribution < -0.4 is 4.74 Å². The lowest BCUT2D eigenvalue weighted by atomic mass is 9.98. The zero-order valence-corrected chi connectivity index (χ0v) is 31.0. The summed E-state index contributed by atoms with van der Waals surface area (Å²) in [5.41, 5.74) is 7.70. The predicted molar refractivity (Wildman–Crippen MR) is 205 cm³/mol. The second-order valence-corrected chi connectivity index (χ2v) is 14.1. The summed E-state index contributed by atoms with van der Waals surface area (Å²) < 4.78 is 12.1. The van der Waals surface area contributed by atoms with Crippen LogP contribution in [0.15, 0.2) is 59.5 Å². The van der Waals surface area contributed by atoms with Crippen LogP contribution in [-0.2, 0) is 44.8 Å². The largest absolute Gasteiger partial charge is 0.493 e. The van der Waals surface area contributed by atoms with E-state index >= 15 is 0 Å². The van der Waals surface area contributed by atoms with Crippen molar-refractivity contribution < 1.29 is 42.0 Å². The lowest BCUT2D eigenvalue weighted by Gasteiger charge is -2.12. The summed E-state index contributed by atoms with van der Waals surface area (Å²) in [4.78, 5) is 13.8. The molecule has 51 heavy (non-hydrogen) atoms. The first kappa shape index (κ1) is 43.1. The molecule has 0 aliphatic carbocycles. The number of rotatable bonds is 1. The molecule has 0 saturated carbocycles. The van der Waals surface area contributed by atoms with E-state index in [0.717, 1.165) is 83.3 Å². The number of fused-ring (bicyclic) bond motifs is 8. The molecule has 0 spiro atoms. The molecular weight excluding hydrogens is 718 g/mol. The maximum Gasteiger partial charge on any atom is 0.352 e. The molecule has 1 aliphatic rings. The van der Waals surface area contributed by atoms with Gasteiger partial charge in [-0.25, -0.2) is 4.79 Å². The van der Waals surface area contributed by atoms with E-state index in [-0.39, 0.29) is 33.1 Å². The summed E-state index contributed by atoms with van der Waals surface area (Å²) in [6, 6.07) is 18.6. The van der Waals surface area contributed by atoms with Gasteiger partial charge in [0.1, 0.15) is 11.4 Å². The Hall–Kier alpha value is -4.06. The van der Waals surface area contributed by atoms with Crippen LogP contribution in [0, 0.1) is 6.92 Å². The predicted octanol–water partition coefficient (Wildman–Crippen LogP) is 4.05. The van der Waals surface area contributed by atoms with E-state index < -0.39 is 5.97 Å². The Bertz CT molecular complexity index is 2160. The number of aryl methyl sites for hydroxylation is 4. The molecule has 7 rings (SSSR count). The van der Waals surface area contributed by atoms with Crippen molar-refractivity contribution in [2.75, 3.05) is 6.61 Å². The molecule has 0 radical (unpaired) electrons. The second-order valence-electron chi connectivity index (χ2n) is 11.7. The highest BCUT2D eigenvalue weighted by atomic mass is 35.5. The number of thioether (sulfide) groups is 2. The summed E-state index contributed by atoms with van der Waals surface area (Å²) in [6.07, 6.45) is 1.19. The van der Waals surface area contributed by atoms with Crippen molar-refractivity contribution in [1.29, 1.82) is 0 Å². The Balaban J connectivity index is 0.00000180. The monoisotopic (exact) mass is 761 g/mol. The molecule has 4 heterocycles. The molecule has 0 unspecified atom stereocenters. The Kier molecular flexibility index (Phi) is 14.7. The first-order valence-electron chi connectivity index (χ1n) is 15.1. The summed E-state index contributed by atoms with van der Waals surface area (Å²) >= 11 is 10.5. The van der Waals surface area contributed by atoms with Crippen molar-refractivity contribution in [3.63, 3.8) is 0 Å². The quantitative estimate of drug-likeness (QED) is 0.257. The zero-order valence-electron chi connectivity index (χ0n) is 28.6. The van der Waals surface area contributed by atoms with E-state index in [1.807, 2.05) is 61.7 Å². The smallest absolute Gasteiger partial charge is 0.352 e. The van der Waals surface area contributed by atoms with Gasteiger partial charge in [-0.05, 0) is 55.0 Å². The van der Waals surface area contributed by atoms with E-state index in [0.29, 0.717) is 30.2 Å². The molecule has 0 fully saturated rings. The van der Waals surface area contributed by atoms with Gasteiger partial charge in [0.25, 0.3) is 0 Å². The molecule has 3 aromatic heterocycles. The van der Waals surface area contributed by atoms with Gasteiger partial charge >= 0.3 is 5.97 Å². The van der Waals surface area contributed by atoms with Crippen LogP contribution in [0.4, 0.5) is 0 Å². The summed E-state index contributed by atoms with van der Waals surface area (Å²) in [7, 11) is 5.75. The highest BCUT2D eigenvalue weighted by molar-refractivity contribution is 7.98. The highest BCUT2D eigenvalue weighted by Gasteiger charge is 2.27. The van der Waals surface area contributed by atoms with Crippen LogP contribution in [0.1, 0.15) is 45.2 Å². The van der Waals surface area contributed by atoms with E-state index in [9.17, 15) is 9.90 Å². The number of carboxylic acids is 1. The van der Waals surface area contributed by atoms with Gasteiger partial charge in [-0.3, -0.25) is 9.36 Å². The number of hydrogen-bond donors (Lipinski definition) is 1. The number of carbonyl (C=O) groups is 1. The minimum Gasteiger partial charge on any atom is -0.493 e. The Morgan fingerprint density at radius 1 is 0.882 bits per heavy atom. The van der Waals surface area contributed by atoms with Crippen molar-refractivity contribution in [2.45, 2.75) is 41.9 Å². The number of halogens is 1. The SMILES string of the molecule is Cc1c2c(nn1C)CSCc1cc(n(C)n1)CSc1cc(c3ccccc3c1)OCCCc1c(C(=O)O)n(C)c3c-2c(Cl)ccc13.O.O.O.O.O. The Morgan fingerprint density at radius 2 is 1.63 bits per heavy atom. The third-order valence-corrected chi connectivity index (χ3v) is 11.1. The van der Waals surface area contributed by atoms with Crippen molar-refractivity contribution in [3.8, 4) is 16.9 Å². The molecule has 0 saturated heterocycles. The molecule has 0 atom stereocenters. The van der Waals surface area contributed by atoms with Crippen molar-refractivity contribution in [1.82, 2.24) is 24.1 Å². The number of aromatic nitrogens is 5. The van der Waals surface area contributed by atoms with Crippen LogP contribution >= 0.6 is 35.1 Å². The first-order valence-corrected chi connectivity index (χ1v) is 17.7. The fraction of sp³-hybridized carbons (Fsp3) is 0.286. The van der Waals surface area contributed by atoms with Crippen molar-refractivity contribution in [2.24, 2.45) is 21.1 Å². The lowest BCUT2D eigenvalue weighted by molar-refractivity contribution is 0.0685. The molecule has 1 aliphatic heterocycles. The first-order chi connectivity index (χ1) is 22.2. The average molecular weight is 762 g/mol. The van der Waals surface area contributed by atoms with E-state index in [4.69, 9.17) is 26.5 Å². The molecule has 16 heteroatoms. The molecule has 3 aromatic carbocycles. The molecule has 13 nitrogen and oxygen atoms in total. The molecule has 276 valence electrons. The van der Waals surface area contributed by atoms with Crippen molar-refractivity contribution in [3.05, 3.63) is 93.7 Å². The molecule has 0 amide bonds. The van der Waals surface area contributed by atoms with Crippen LogP contribution in [0.5, 0.6) is 5.75 Å². The lowest BCUT2D eigenvalue weighted by Crippen LogP contribution is -2.09. The fourth-order valence-electron chi connectivity index (χ4n) is 6.54. The number of hydrogen-bond acceptors (Lipinski definition) is 6. The molecule has 11 N–H and O–H groups in total. The maximum atomic E-state index is 12.7. The summed E-state index contributed by atoms with van der Waals surface area (Å²) in [6.45, 7) is 2.48. The second kappa shape index (κ2) is 17.4. The Morgan fingerprint density at radius 3 is 2.37 bits per heavy atom. The number of aromatic carboxylic acids is 1. The molecular formula is C35H44ClN5O8S2. The summed E-state index contributed by atoms with van der Waals surface area (Å²) in [5, 5.41) is 23.8.